The Kier molecular flexibility index (Phi) is 3.51. The highest BCUT2D eigenvalue weighted by Gasteiger charge is 2.28. The largest absolute Gasteiger partial charge is 0.243 e. The molecule has 1 aromatic carbocycles. The molecule has 6 heteroatoms. The van der Waals surface area contributed by atoms with Crippen molar-refractivity contribution in [3.8, 4) is 0 Å². The van der Waals surface area contributed by atoms with Gasteiger partial charge in [-0.25, -0.2) is 8.42 Å². The number of benzene rings is 1. The van der Waals surface area contributed by atoms with Gasteiger partial charge < -0.3 is 0 Å². The lowest BCUT2D eigenvalue weighted by Gasteiger charge is -2.26. The van der Waals surface area contributed by atoms with Crippen molar-refractivity contribution in [2.45, 2.75) is 17.9 Å². The van der Waals surface area contributed by atoms with E-state index >= 15 is 0 Å². The van der Waals surface area contributed by atoms with Crippen LogP contribution in [-0.2, 0) is 23.0 Å². The predicted molar refractivity (Wildman–Crippen MR) is 79.8 cm³/mol. The minimum absolute atomic E-state index is 0.348. The van der Waals surface area contributed by atoms with Crippen LogP contribution in [0.3, 0.4) is 0 Å². The van der Waals surface area contributed by atoms with Crippen LogP contribution in [0.4, 0.5) is 0 Å². The average molecular weight is 358 g/mol. The third kappa shape index (κ3) is 2.50. The number of hydrogen-bond donors (Lipinski definition) is 0. The first-order chi connectivity index (χ1) is 9.07. The van der Waals surface area contributed by atoms with Crippen LogP contribution in [0.1, 0.15) is 10.4 Å². The number of halogens is 1. The van der Waals surface area contributed by atoms with E-state index in [-0.39, 0.29) is 0 Å². The topological polar surface area (TPSA) is 37.4 Å². The number of sulfonamides is 1. The molecule has 0 spiro atoms. The normalized spacial score (nSPS) is 16.3. The molecule has 2 aromatic rings. The van der Waals surface area contributed by atoms with Gasteiger partial charge in [-0.3, -0.25) is 0 Å². The van der Waals surface area contributed by atoms with Crippen molar-refractivity contribution in [3.63, 3.8) is 0 Å². The van der Waals surface area contributed by atoms with E-state index in [0.717, 1.165) is 16.5 Å². The van der Waals surface area contributed by atoms with Crippen LogP contribution in [-0.4, -0.2) is 19.3 Å². The van der Waals surface area contributed by atoms with Crippen molar-refractivity contribution < 1.29 is 8.42 Å². The lowest BCUT2D eigenvalue weighted by Crippen LogP contribution is -2.35. The Hall–Kier alpha value is -0.690. The van der Waals surface area contributed by atoms with Gasteiger partial charge in [-0.2, -0.15) is 4.31 Å². The first-order valence-electron chi connectivity index (χ1n) is 5.88. The Morgan fingerprint density at radius 1 is 1.26 bits per heavy atom. The molecule has 0 N–H and O–H groups in total. The molecule has 19 heavy (non-hydrogen) atoms. The van der Waals surface area contributed by atoms with Gasteiger partial charge in [0.2, 0.25) is 10.0 Å². The van der Waals surface area contributed by atoms with E-state index < -0.39 is 10.0 Å². The van der Waals surface area contributed by atoms with Gasteiger partial charge in [0, 0.05) is 22.4 Å². The van der Waals surface area contributed by atoms with Crippen molar-refractivity contribution in [1.82, 2.24) is 4.31 Å². The van der Waals surface area contributed by atoms with Gasteiger partial charge in [0.25, 0.3) is 0 Å². The third-order valence-electron chi connectivity index (χ3n) is 3.21. The minimum atomic E-state index is -3.40. The summed E-state index contributed by atoms with van der Waals surface area (Å²) in [5.74, 6) is 0. The van der Waals surface area contributed by atoms with Crippen LogP contribution in [0.2, 0.25) is 0 Å². The van der Waals surface area contributed by atoms with E-state index in [1.165, 1.54) is 4.88 Å². The summed E-state index contributed by atoms with van der Waals surface area (Å²) in [5, 5.41) is 2.03. The Morgan fingerprint density at radius 2 is 2.11 bits per heavy atom. The zero-order chi connectivity index (χ0) is 13.5. The van der Waals surface area contributed by atoms with Crippen molar-refractivity contribution in [2.75, 3.05) is 6.54 Å². The van der Waals surface area contributed by atoms with Gasteiger partial charge in [-0.15, -0.1) is 11.3 Å². The minimum Gasteiger partial charge on any atom is -0.207 e. The molecule has 0 atom stereocenters. The molecule has 3 nitrogen and oxygen atoms in total. The zero-order valence-corrected chi connectivity index (χ0v) is 13.3. The maximum absolute atomic E-state index is 12.6. The first-order valence-corrected chi connectivity index (χ1v) is 8.99. The van der Waals surface area contributed by atoms with Gasteiger partial charge >= 0.3 is 0 Å². The summed E-state index contributed by atoms with van der Waals surface area (Å²) >= 11 is 5.02. The lowest BCUT2D eigenvalue weighted by molar-refractivity contribution is 0.394. The van der Waals surface area contributed by atoms with E-state index in [1.54, 1.807) is 33.8 Å². The van der Waals surface area contributed by atoms with E-state index in [4.69, 9.17) is 0 Å². The molecule has 1 aromatic heterocycles. The number of rotatable bonds is 2. The second kappa shape index (κ2) is 5.01. The molecule has 0 bridgehead atoms. The van der Waals surface area contributed by atoms with Gasteiger partial charge in [0.05, 0.1) is 4.90 Å². The first kappa shape index (κ1) is 13.3. The molecule has 1 aliphatic heterocycles. The predicted octanol–water partition coefficient (Wildman–Crippen LogP) is 3.26. The molecule has 0 radical (unpaired) electrons. The van der Waals surface area contributed by atoms with Gasteiger partial charge in [-0.1, -0.05) is 22.0 Å². The highest BCUT2D eigenvalue weighted by molar-refractivity contribution is 9.10. The number of thiophene rings is 1. The fourth-order valence-electron chi connectivity index (χ4n) is 2.20. The summed E-state index contributed by atoms with van der Waals surface area (Å²) < 4.78 is 27.5. The number of nitrogens with zero attached hydrogens (tertiary/aromatic N) is 1. The molecule has 3 rings (SSSR count). The average Bonchev–Trinajstić information content (AvgIpc) is 2.85. The number of fused-ring (bicyclic) bond motifs is 1. The Balaban J connectivity index is 1.94. The van der Waals surface area contributed by atoms with Crippen LogP contribution in [0.25, 0.3) is 0 Å². The molecule has 0 aliphatic carbocycles. The van der Waals surface area contributed by atoms with E-state index in [2.05, 4.69) is 15.9 Å². The summed E-state index contributed by atoms with van der Waals surface area (Å²) in [6, 6.07) is 8.88. The molecular formula is C13H12BrNO2S2. The van der Waals surface area contributed by atoms with Crippen molar-refractivity contribution in [3.05, 3.63) is 50.6 Å². The molecule has 0 saturated carbocycles. The fraction of sp³-hybridized carbons (Fsp3) is 0.231. The van der Waals surface area contributed by atoms with Gasteiger partial charge in [0.1, 0.15) is 0 Å². The fourth-order valence-corrected chi connectivity index (χ4v) is 5.11. The van der Waals surface area contributed by atoms with E-state index in [9.17, 15) is 8.42 Å². The summed E-state index contributed by atoms with van der Waals surface area (Å²) in [4.78, 5) is 1.65. The highest BCUT2D eigenvalue weighted by Crippen LogP contribution is 2.28. The SMILES string of the molecule is O=S(=O)(c1cccc(Br)c1)N1CCc2sccc2C1. The quantitative estimate of drug-likeness (QED) is 0.827. The summed E-state index contributed by atoms with van der Waals surface area (Å²) in [6.45, 7) is 1.04. The summed E-state index contributed by atoms with van der Waals surface area (Å²) in [5.41, 5.74) is 1.13. The third-order valence-corrected chi connectivity index (χ3v) is 6.56. The van der Waals surface area contributed by atoms with Crippen molar-refractivity contribution >= 4 is 37.3 Å². The molecule has 2 heterocycles. The zero-order valence-electron chi connectivity index (χ0n) is 10.0. The second-order valence-corrected chi connectivity index (χ2v) is 8.27. The van der Waals surface area contributed by atoms with E-state index in [0.29, 0.717) is 18.0 Å². The summed E-state index contributed by atoms with van der Waals surface area (Å²) in [6.07, 6.45) is 0.806. The van der Waals surface area contributed by atoms with Crippen LogP contribution >= 0.6 is 27.3 Å². The van der Waals surface area contributed by atoms with Crippen LogP contribution < -0.4 is 0 Å². The molecule has 0 unspecified atom stereocenters. The van der Waals surface area contributed by atoms with E-state index in [1.807, 2.05) is 17.5 Å². The monoisotopic (exact) mass is 357 g/mol. The maximum Gasteiger partial charge on any atom is 0.243 e. The second-order valence-electron chi connectivity index (χ2n) is 4.41. The van der Waals surface area contributed by atoms with Gasteiger partial charge in [0.15, 0.2) is 0 Å². The Morgan fingerprint density at radius 3 is 2.89 bits per heavy atom. The van der Waals surface area contributed by atoms with Crippen molar-refractivity contribution in [1.29, 1.82) is 0 Å². The highest BCUT2D eigenvalue weighted by atomic mass is 79.9. The molecule has 0 fully saturated rings. The Bertz CT molecular complexity index is 709. The standard InChI is InChI=1S/C13H12BrNO2S2/c14-11-2-1-3-12(8-11)19(16,17)15-6-4-13-10(9-15)5-7-18-13/h1-3,5,7-8H,4,6,9H2. The molecule has 0 amide bonds. The van der Waals surface area contributed by atoms with Crippen molar-refractivity contribution in [2.24, 2.45) is 0 Å². The van der Waals surface area contributed by atoms with Crippen LogP contribution in [0.5, 0.6) is 0 Å². The summed E-state index contributed by atoms with van der Waals surface area (Å²) in [7, 11) is -3.40. The van der Waals surface area contributed by atoms with Gasteiger partial charge in [-0.05, 0) is 41.6 Å². The smallest absolute Gasteiger partial charge is 0.207 e. The molecular weight excluding hydrogens is 346 g/mol. The molecule has 0 saturated heterocycles. The Labute approximate surface area is 125 Å². The molecule has 100 valence electrons. The maximum atomic E-state index is 12.6. The molecule has 1 aliphatic rings. The number of hydrogen-bond acceptors (Lipinski definition) is 3. The van der Waals surface area contributed by atoms with Crippen LogP contribution in [0, 0.1) is 0 Å². The van der Waals surface area contributed by atoms with Crippen LogP contribution in [0.15, 0.2) is 45.1 Å². The lowest BCUT2D eigenvalue weighted by atomic mass is 10.1.